The van der Waals surface area contributed by atoms with Gasteiger partial charge in [0.15, 0.2) is 11.6 Å². The Hall–Kier alpha value is -3.09. The van der Waals surface area contributed by atoms with Crippen LogP contribution in [-0.2, 0) is 0 Å². The number of hydrogen-bond donors (Lipinski definition) is 0. The predicted octanol–water partition coefficient (Wildman–Crippen LogP) is 2.58. The van der Waals surface area contributed by atoms with Gasteiger partial charge in [0, 0.05) is 32.4 Å². The van der Waals surface area contributed by atoms with Gasteiger partial charge in [0.2, 0.25) is 5.88 Å². The van der Waals surface area contributed by atoms with Gasteiger partial charge in [-0.2, -0.15) is 4.98 Å². The van der Waals surface area contributed by atoms with Crippen molar-refractivity contribution in [2.45, 2.75) is 12.5 Å². The molecule has 3 aromatic rings. The average molecular weight is 352 g/mol. The summed E-state index contributed by atoms with van der Waals surface area (Å²) in [6, 6.07) is 9.40. The molecule has 1 fully saturated rings. The summed E-state index contributed by atoms with van der Waals surface area (Å²) in [6.07, 6.45) is 3.92. The van der Waals surface area contributed by atoms with E-state index in [1.165, 1.54) is 0 Å². The summed E-state index contributed by atoms with van der Waals surface area (Å²) in [4.78, 5) is 24.9. The fourth-order valence-electron chi connectivity index (χ4n) is 3.03. The highest BCUT2D eigenvalue weighted by Crippen LogP contribution is 2.23. The first-order valence-electron chi connectivity index (χ1n) is 8.54. The number of likely N-dealkylation sites (tertiary alicyclic amines) is 1. The molecule has 7 heteroatoms. The van der Waals surface area contributed by atoms with Crippen LogP contribution in [-0.4, -0.2) is 54.1 Å². The third-order valence-corrected chi connectivity index (χ3v) is 4.41. The zero-order valence-corrected chi connectivity index (χ0v) is 14.8. The van der Waals surface area contributed by atoms with Gasteiger partial charge < -0.3 is 19.0 Å². The van der Waals surface area contributed by atoms with E-state index < -0.39 is 0 Å². The second-order valence-electron chi connectivity index (χ2n) is 6.54. The van der Waals surface area contributed by atoms with Crippen LogP contribution in [0.4, 0.5) is 5.82 Å². The van der Waals surface area contributed by atoms with Crippen molar-refractivity contribution in [3.63, 3.8) is 0 Å². The van der Waals surface area contributed by atoms with Crippen molar-refractivity contribution in [2.24, 2.45) is 0 Å². The Morgan fingerprint density at radius 2 is 2.15 bits per heavy atom. The standard InChI is InChI=1S/C19H20N4O3/c1-22(2)17-10-20-11-18(21-17)25-14-7-8-23(12-14)19(24)16-9-13-5-3-4-6-15(13)26-16/h3-6,9-11,14H,7-8,12H2,1-2H3/t14-/m1/s1. The van der Waals surface area contributed by atoms with Crippen molar-refractivity contribution in [1.29, 1.82) is 0 Å². The van der Waals surface area contributed by atoms with Crippen LogP contribution in [0.25, 0.3) is 11.0 Å². The third-order valence-electron chi connectivity index (χ3n) is 4.41. The summed E-state index contributed by atoms with van der Waals surface area (Å²) in [5, 5.41) is 0.929. The van der Waals surface area contributed by atoms with Crippen LogP contribution in [0.3, 0.4) is 0 Å². The van der Waals surface area contributed by atoms with Gasteiger partial charge in [-0.05, 0) is 12.1 Å². The average Bonchev–Trinajstić information content (AvgIpc) is 3.28. The maximum Gasteiger partial charge on any atom is 0.289 e. The summed E-state index contributed by atoms with van der Waals surface area (Å²) in [7, 11) is 3.80. The first-order chi connectivity index (χ1) is 12.6. The third kappa shape index (κ3) is 3.20. The zero-order chi connectivity index (χ0) is 18.1. The number of carbonyl (C=O) groups excluding carboxylic acids is 1. The molecule has 0 bridgehead atoms. The number of fused-ring (bicyclic) bond motifs is 1. The highest BCUT2D eigenvalue weighted by atomic mass is 16.5. The van der Waals surface area contributed by atoms with E-state index in [-0.39, 0.29) is 12.0 Å². The molecule has 2 aromatic heterocycles. The molecule has 1 amide bonds. The number of nitrogens with zero attached hydrogens (tertiary/aromatic N) is 4. The molecule has 1 aliphatic heterocycles. The normalized spacial score (nSPS) is 16.8. The van der Waals surface area contributed by atoms with E-state index in [0.717, 1.165) is 23.2 Å². The van der Waals surface area contributed by atoms with Gasteiger partial charge in [-0.25, -0.2) is 0 Å². The van der Waals surface area contributed by atoms with E-state index in [1.807, 2.05) is 43.3 Å². The topological polar surface area (TPSA) is 71.7 Å². The number of hydrogen-bond acceptors (Lipinski definition) is 6. The molecule has 7 nitrogen and oxygen atoms in total. The SMILES string of the molecule is CN(C)c1cncc(O[C@@H]2CCN(C(=O)c3cc4ccccc4o3)C2)n1. The Kier molecular flexibility index (Phi) is 4.20. The molecule has 4 rings (SSSR count). The van der Waals surface area contributed by atoms with Crippen LogP contribution in [0.2, 0.25) is 0 Å². The van der Waals surface area contributed by atoms with Gasteiger partial charge >= 0.3 is 0 Å². The molecule has 134 valence electrons. The number of benzene rings is 1. The Balaban J connectivity index is 1.43. The molecule has 0 N–H and O–H groups in total. The Morgan fingerprint density at radius 1 is 1.31 bits per heavy atom. The van der Waals surface area contributed by atoms with E-state index in [9.17, 15) is 4.79 Å². The fraction of sp³-hybridized carbons (Fsp3) is 0.316. The minimum Gasteiger partial charge on any atom is -0.471 e. The lowest BCUT2D eigenvalue weighted by Crippen LogP contribution is -2.30. The molecule has 1 aromatic carbocycles. The van der Waals surface area contributed by atoms with E-state index >= 15 is 0 Å². The molecule has 0 aliphatic carbocycles. The van der Waals surface area contributed by atoms with Gasteiger partial charge in [-0.3, -0.25) is 9.78 Å². The minimum absolute atomic E-state index is 0.102. The molecule has 0 spiro atoms. The highest BCUT2D eigenvalue weighted by molar-refractivity contribution is 5.96. The van der Waals surface area contributed by atoms with E-state index in [2.05, 4.69) is 9.97 Å². The lowest BCUT2D eigenvalue weighted by atomic mass is 10.2. The molecule has 0 unspecified atom stereocenters. The predicted molar refractivity (Wildman–Crippen MR) is 97.5 cm³/mol. The van der Waals surface area contributed by atoms with E-state index in [4.69, 9.17) is 9.15 Å². The molecule has 0 radical (unpaired) electrons. The van der Waals surface area contributed by atoms with Gasteiger partial charge in [0.1, 0.15) is 11.7 Å². The molecular formula is C19H20N4O3. The fourth-order valence-corrected chi connectivity index (χ4v) is 3.03. The summed E-state index contributed by atoms with van der Waals surface area (Å²) in [6.45, 7) is 1.13. The quantitative estimate of drug-likeness (QED) is 0.719. The molecule has 26 heavy (non-hydrogen) atoms. The van der Waals surface area contributed by atoms with Crippen LogP contribution in [0, 0.1) is 0 Å². The Bertz CT molecular complexity index is 904. The van der Waals surface area contributed by atoms with Crippen molar-refractivity contribution in [3.05, 3.63) is 48.5 Å². The summed E-state index contributed by atoms with van der Waals surface area (Å²) in [5.41, 5.74) is 0.721. The summed E-state index contributed by atoms with van der Waals surface area (Å²) >= 11 is 0. The van der Waals surface area contributed by atoms with Crippen molar-refractivity contribution < 1.29 is 13.9 Å². The molecule has 0 saturated carbocycles. The maximum absolute atomic E-state index is 12.7. The molecule has 1 atom stereocenters. The van der Waals surface area contributed by atoms with Crippen molar-refractivity contribution >= 4 is 22.7 Å². The van der Waals surface area contributed by atoms with Crippen LogP contribution < -0.4 is 9.64 Å². The molecule has 1 saturated heterocycles. The van der Waals surface area contributed by atoms with Crippen LogP contribution in [0.15, 0.2) is 47.1 Å². The second kappa shape index (κ2) is 6.67. The number of para-hydroxylation sites is 1. The number of furan rings is 1. The molecule has 1 aliphatic rings. The molecule has 3 heterocycles. The Morgan fingerprint density at radius 3 is 2.96 bits per heavy atom. The summed E-state index contributed by atoms with van der Waals surface area (Å²) in [5.74, 6) is 1.46. The lowest BCUT2D eigenvalue weighted by molar-refractivity contribution is 0.0742. The maximum atomic E-state index is 12.7. The largest absolute Gasteiger partial charge is 0.471 e. The van der Waals surface area contributed by atoms with Crippen LogP contribution >= 0.6 is 0 Å². The van der Waals surface area contributed by atoms with Crippen molar-refractivity contribution in [3.8, 4) is 5.88 Å². The van der Waals surface area contributed by atoms with Gasteiger partial charge in [-0.1, -0.05) is 18.2 Å². The van der Waals surface area contributed by atoms with E-state index in [1.54, 1.807) is 23.4 Å². The summed E-state index contributed by atoms with van der Waals surface area (Å²) < 4.78 is 11.6. The first-order valence-corrected chi connectivity index (χ1v) is 8.54. The van der Waals surface area contributed by atoms with Gasteiger partial charge in [0.25, 0.3) is 5.91 Å². The van der Waals surface area contributed by atoms with Crippen LogP contribution in [0.5, 0.6) is 5.88 Å². The second-order valence-corrected chi connectivity index (χ2v) is 6.54. The van der Waals surface area contributed by atoms with Gasteiger partial charge in [-0.15, -0.1) is 0 Å². The monoisotopic (exact) mass is 352 g/mol. The number of amides is 1. The number of anilines is 1. The number of carbonyl (C=O) groups is 1. The molecular weight excluding hydrogens is 332 g/mol. The number of aromatic nitrogens is 2. The number of rotatable bonds is 4. The number of ether oxygens (including phenoxy) is 1. The Labute approximate surface area is 151 Å². The minimum atomic E-state index is -0.111. The van der Waals surface area contributed by atoms with Gasteiger partial charge in [0.05, 0.1) is 18.9 Å². The smallest absolute Gasteiger partial charge is 0.289 e. The zero-order valence-electron chi connectivity index (χ0n) is 14.8. The van der Waals surface area contributed by atoms with Crippen molar-refractivity contribution in [2.75, 3.05) is 32.1 Å². The van der Waals surface area contributed by atoms with E-state index in [0.29, 0.717) is 24.7 Å². The van der Waals surface area contributed by atoms with Crippen LogP contribution in [0.1, 0.15) is 17.0 Å². The highest BCUT2D eigenvalue weighted by Gasteiger charge is 2.30. The first kappa shape index (κ1) is 16.4. The van der Waals surface area contributed by atoms with Crippen molar-refractivity contribution in [1.82, 2.24) is 14.9 Å². The lowest BCUT2D eigenvalue weighted by Gasteiger charge is -2.16.